The Bertz CT molecular complexity index is 280. The van der Waals surface area contributed by atoms with Gasteiger partial charge in [-0.25, -0.2) is 0 Å². The molecule has 0 aromatic heterocycles. The van der Waals surface area contributed by atoms with Crippen molar-refractivity contribution in [2.45, 2.75) is 31.7 Å². The highest BCUT2D eigenvalue weighted by Gasteiger charge is 2.19. The lowest BCUT2D eigenvalue weighted by Crippen LogP contribution is -2.44. The van der Waals surface area contributed by atoms with Crippen LogP contribution in [0, 0.1) is 0 Å². The first kappa shape index (κ1) is 14.8. The lowest BCUT2D eigenvalue weighted by molar-refractivity contribution is -0.135. The second-order valence-electron chi connectivity index (χ2n) is 5.58. The van der Waals surface area contributed by atoms with Crippen LogP contribution in [-0.2, 0) is 9.53 Å². The minimum Gasteiger partial charge on any atom is -0.378 e. The first-order valence-electron chi connectivity index (χ1n) is 7.54. The lowest BCUT2D eigenvalue weighted by atomic mass is 10.0. The fourth-order valence-electron chi connectivity index (χ4n) is 2.84. The van der Waals surface area contributed by atoms with E-state index in [0.29, 0.717) is 25.7 Å². The fraction of sp³-hybridized carbons (Fsp3) is 0.929. The number of rotatable bonds is 5. The van der Waals surface area contributed by atoms with Crippen molar-refractivity contribution < 1.29 is 9.53 Å². The molecule has 0 aliphatic carbocycles. The molecule has 0 aromatic carbocycles. The van der Waals surface area contributed by atoms with Gasteiger partial charge in [0.2, 0.25) is 5.91 Å². The molecule has 0 saturated carbocycles. The molecule has 2 rings (SSSR count). The average Bonchev–Trinajstić information content (AvgIpc) is 2.46. The predicted octanol–water partition coefficient (Wildman–Crippen LogP) is 0.309. The Morgan fingerprint density at radius 1 is 1.26 bits per heavy atom. The Hall–Kier alpha value is -0.650. The molecule has 2 aliphatic rings. The number of ether oxygens (including phenoxy) is 1. The van der Waals surface area contributed by atoms with Gasteiger partial charge in [0, 0.05) is 38.6 Å². The summed E-state index contributed by atoms with van der Waals surface area (Å²) in [5, 5.41) is 3.44. The molecule has 0 spiro atoms. The predicted molar refractivity (Wildman–Crippen MR) is 75.2 cm³/mol. The normalized spacial score (nSPS) is 25.5. The number of amides is 1. The van der Waals surface area contributed by atoms with Crippen LogP contribution in [0.5, 0.6) is 0 Å². The number of hydrogen-bond acceptors (Lipinski definition) is 4. The monoisotopic (exact) mass is 269 g/mol. The largest absolute Gasteiger partial charge is 0.378 e. The molecule has 0 radical (unpaired) electrons. The number of nitrogens with zero attached hydrogens (tertiary/aromatic N) is 2. The molecule has 110 valence electrons. The number of hydrogen-bond donors (Lipinski definition) is 1. The number of carbonyl (C=O) groups excluding carboxylic acids is 1. The van der Waals surface area contributed by atoms with E-state index in [1.807, 2.05) is 4.90 Å². The maximum Gasteiger partial charge on any atom is 0.224 e. The summed E-state index contributed by atoms with van der Waals surface area (Å²) in [6.07, 6.45) is 4.54. The van der Waals surface area contributed by atoms with Crippen molar-refractivity contribution in [1.82, 2.24) is 15.1 Å². The van der Waals surface area contributed by atoms with Crippen molar-refractivity contribution in [3.8, 4) is 0 Å². The molecule has 0 bridgehead atoms. The van der Waals surface area contributed by atoms with Crippen molar-refractivity contribution in [2.24, 2.45) is 0 Å². The maximum absolute atomic E-state index is 11.9. The van der Waals surface area contributed by atoms with Crippen molar-refractivity contribution in [1.29, 1.82) is 0 Å². The molecule has 2 aliphatic heterocycles. The molecule has 19 heavy (non-hydrogen) atoms. The highest BCUT2D eigenvalue weighted by atomic mass is 16.5. The first-order chi connectivity index (χ1) is 9.27. The number of piperidine rings is 1. The molecule has 2 fully saturated rings. The Morgan fingerprint density at radius 2 is 2.05 bits per heavy atom. The molecule has 1 amide bonds. The first-order valence-corrected chi connectivity index (χ1v) is 7.54. The standard InChI is InChI=1S/C14H27N3O2/c1-16-7-3-2-4-13(16)12-15-6-5-14(18)17-8-10-19-11-9-17/h13,15H,2-12H2,1H3. The molecular formula is C14H27N3O2. The van der Waals surface area contributed by atoms with Crippen LogP contribution in [0.1, 0.15) is 25.7 Å². The zero-order chi connectivity index (χ0) is 13.5. The van der Waals surface area contributed by atoms with Crippen LogP contribution < -0.4 is 5.32 Å². The van der Waals surface area contributed by atoms with E-state index in [1.54, 1.807) is 0 Å². The van der Waals surface area contributed by atoms with E-state index in [9.17, 15) is 4.79 Å². The number of likely N-dealkylation sites (tertiary alicyclic amines) is 1. The summed E-state index contributed by atoms with van der Waals surface area (Å²) in [7, 11) is 2.20. The van der Waals surface area contributed by atoms with Gasteiger partial charge in [-0.2, -0.15) is 0 Å². The summed E-state index contributed by atoms with van der Waals surface area (Å²) in [4.78, 5) is 16.3. The van der Waals surface area contributed by atoms with Crippen LogP contribution in [0.3, 0.4) is 0 Å². The van der Waals surface area contributed by atoms with E-state index >= 15 is 0 Å². The molecule has 2 heterocycles. The van der Waals surface area contributed by atoms with Crippen molar-refractivity contribution in [3.63, 3.8) is 0 Å². The molecule has 1 unspecified atom stereocenters. The molecule has 0 aromatic rings. The highest BCUT2D eigenvalue weighted by molar-refractivity contribution is 5.76. The molecule has 2 saturated heterocycles. The Labute approximate surface area is 116 Å². The van der Waals surface area contributed by atoms with Crippen molar-refractivity contribution in [2.75, 3.05) is 53.0 Å². The number of likely N-dealkylation sites (N-methyl/N-ethyl adjacent to an activating group) is 1. The SMILES string of the molecule is CN1CCCCC1CNCCC(=O)N1CCOCC1. The summed E-state index contributed by atoms with van der Waals surface area (Å²) in [6, 6.07) is 0.646. The van der Waals surface area contributed by atoms with E-state index in [-0.39, 0.29) is 5.91 Å². The molecule has 5 nitrogen and oxygen atoms in total. The fourth-order valence-corrected chi connectivity index (χ4v) is 2.84. The number of nitrogens with one attached hydrogen (secondary N) is 1. The van der Waals surface area contributed by atoms with Crippen LogP contribution in [0.4, 0.5) is 0 Å². The Balaban J connectivity index is 1.56. The second-order valence-corrected chi connectivity index (χ2v) is 5.58. The number of carbonyl (C=O) groups is 1. The number of morpholine rings is 1. The van der Waals surface area contributed by atoms with Gasteiger partial charge >= 0.3 is 0 Å². The van der Waals surface area contributed by atoms with Crippen LogP contribution in [0.15, 0.2) is 0 Å². The van der Waals surface area contributed by atoms with E-state index in [2.05, 4.69) is 17.3 Å². The zero-order valence-corrected chi connectivity index (χ0v) is 12.1. The van der Waals surface area contributed by atoms with Crippen molar-refractivity contribution >= 4 is 5.91 Å². The van der Waals surface area contributed by atoms with E-state index in [4.69, 9.17) is 4.74 Å². The third-order valence-corrected chi connectivity index (χ3v) is 4.18. The summed E-state index contributed by atoms with van der Waals surface area (Å²) in [6.45, 7) is 5.89. The van der Waals surface area contributed by atoms with Gasteiger partial charge in [-0.3, -0.25) is 4.79 Å². The van der Waals surface area contributed by atoms with E-state index in [0.717, 1.165) is 26.2 Å². The van der Waals surface area contributed by atoms with Crippen LogP contribution in [0.25, 0.3) is 0 Å². The summed E-state index contributed by atoms with van der Waals surface area (Å²) >= 11 is 0. The minimum atomic E-state index is 0.257. The van der Waals surface area contributed by atoms with Gasteiger partial charge in [0.1, 0.15) is 0 Å². The summed E-state index contributed by atoms with van der Waals surface area (Å²) in [5.41, 5.74) is 0. The third kappa shape index (κ3) is 4.75. The lowest BCUT2D eigenvalue weighted by Gasteiger charge is -2.32. The van der Waals surface area contributed by atoms with Crippen molar-refractivity contribution in [3.05, 3.63) is 0 Å². The zero-order valence-electron chi connectivity index (χ0n) is 12.1. The average molecular weight is 269 g/mol. The summed E-state index contributed by atoms with van der Waals surface area (Å²) in [5.74, 6) is 0.257. The van der Waals surface area contributed by atoms with Crippen LogP contribution in [0.2, 0.25) is 0 Å². The smallest absolute Gasteiger partial charge is 0.224 e. The van der Waals surface area contributed by atoms with Gasteiger partial charge in [0.05, 0.1) is 13.2 Å². The topological polar surface area (TPSA) is 44.8 Å². The van der Waals surface area contributed by atoms with Gasteiger partial charge in [0.15, 0.2) is 0 Å². The van der Waals surface area contributed by atoms with Gasteiger partial charge in [0.25, 0.3) is 0 Å². The van der Waals surface area contributed by atoms with Crippen LogP contribution in [-0.4, -0.2) is 74.7 Å². The maximum atomic E-state index is 11.9. The quantitative estimate of drug-likeness (QED) is 0.730. The molecule has 5 heteroatoms. The van der Waals surface area contributed by atoms with Gasteiger partial charge in [-0.15, -0.1) is 0 Å². The van der Waals surface area contributed by atoms with E-state index in [1.165, 1.54) is 25.8 Å². The third-order valence-electron chi connectivity index (χ3n) is 4.18. The highest BCUT2D eigenvalue weighted by Crippen LogP contribution is 2.13. The summed E-state index contributed by atoms with van der Waals surface area (Å²) < 4.78 is 5.25. The van der Waals surface area contributed by atoms with Crippen LogP contribution >= 0.6 is 0 Å². The van der Waals surface area contributed by atoms with E-state index < -0.39 is 0 Å². The Kier molecular flexibility index (Phi) is 6.07. The Morgan fingerprint density at radius 3 is 2.79 bits per heavy atom. The molecule has 1 atom stereocenters. The van der Waals surface area contributed by atoms with Gasteiger partial charge < -0.3 is 19.9 Å². The van der Waals surface area contributed by atoms with Gasteiger partial charge in [-0.05, 0) is 26.4 Å². The van der Waals surface area contributed by atoms with Gasteiger partial charge in [-0.1, -0.05) is 6.42 Å². The second kappa shape index (κ2) is 7.82. The molecular weight excluding hydrogens is 242 g/mol. The minimum absolute atomic E-state index is 0.257. The molecule has 1 N–H and O–H groups in total.